The number of carbonyl (C=O) groups is 1. The van der Waals surface area contributed by atoms with Crippen LogP contribution in [0.1, 0.15) is 32.7 Å². The molecule has 0 atom stereocenters. The third-order valence-electron chi connectivity index (χ3n) is 5.43. The van der Waals surface area contributed by atoms with E-state index in [1.54, 1.807) is 18.2 Å². The lowest BCUT2D eigenvalue weighted by Gasteiger charge is -2.14. The average Bonchev–Trinajstić information content (AvgIpc) is 2.81. The second-order valence-electron chi connectivity index (χ2n) is 8.05. The van der Waals surface area contributed by atoms with Crippen LogP contribution in [0.5, 0.6) is 5.75 Å². The smallest absolute Gasteiger partial charge is 0.337 e. The molecule has 1 heterocycles. The molecule has 0 fully saturated rings. The summed E-state index contributed by atoms with van der Waals surface area (Å²) in [6.45, 7) is 2.42. The summed E-state index contributed by atoms with van der Waals surface area (Å²) in [6.07, 6.45) is 0.986. The number of nitrogens with zero attached hydrogens (tertiary/aromatic N) is 1. The molecule has 0 radical (unpaired) electrons. The molecule has 34 heavy (non-hydrogen) atoms. The van der Waals surface area contributed by atoms with Crippen LogP contribution in [0.2, 0.25) is 10.0 Å². The Labute approximate surface area is 208 Å². The summed E-state index contributed by atoms with van der Waals surface area (Å²) in [7, 11) is 0. The van der Waals surface area contributed by atoms with Crippen LogP contribution < -0.4 is 4.74 Å². The maximum Gasteiger partial charge on any atom is 0.337 e. The van der Waals surface area contributed by atoms with Crippen molar-refractivity contribution in [2.45, 2.75) is 26.4 Å². The Kier molecular flexibility index (Phi) is 7.51. The van der Waals surface area contributed by atoms with E-state index >= 15 is 0 Å². The van der Waals surface area contributed by atoms with Crippen LogP contribution in [0.15, 0.2) is 78.9 Å². The van der Waals surface area contributed by atoms with Crippen molar-refractivity contribution in [3.63, 3.8) is 0 Å². The van der Waals surface area contributed by atoms with Gasteiger partial charge in [0.05, 0.1) is 17.0 Å². The van der Waals surface area contributed by atoms with Crippen molar-refractivity contribution in [2.75, 3.05) is 0 Å². The molecule has 0 aliphatic rings. The Morgan fingerprint density at radius 1 is 0.882 bits per heavy atom. The second kappa shape index (κ2) is 10.7. The first kappa shape index (κ1) is 23.8. The minimum absolute atomic E-state index is 0.177. The van der Waals surface area contributed by atoms with Gasteiger partial charge in [-0.2, -0.15) is 0 Å². The Morgan fingerprint density at radius 2 is 1.62 bits per heavy atom. The molecular formula is C28H23Cl2NO3. The molecule has 0 saturated heterocycles. The van der Waals surface area contributed by atoms with Gasteiger partial charge in [-0.25, -0.2) is 4.79 Å². The van der Waals surface area contributed by atoms with Crippen molar-refractivity contribution in [3.05, 3.63) is 117 Å². The van der Waals surface area contributed by atoms with Crippen LogP contribution in [0.4, 0.5) is 0 Å². The number of halogens is 2. The highest BCUT2D eigenvalue weighted by Gasteiger charge is 2.16. The fourth-order valence-corrected chi connectivity index (χ4v) is 4.33. The number of hydrogen-bond acceptors (Lipinski definition) is 3. The van der Waals surface area contributed by atoms with E-state index < -0.39 is 5.97 Å². The molecular weight excluding hydrogens is 469 g/mol. The molecule has 4 rings (SSSR count). The predicted molar refractivity (Wildman–Crippen MR) is 136 cm³/mol. The molecule has 3 aromatic carbocycles. The van der Waals surface area contributed by atoms with E-state index in [2.05, 4.69) is 0 Å². The molecule has 0 aliphatic heterocycles. The van der Waals surface area contributed by atoms with Crippen LogP contribution >= 0.6 is 23.2 Å². The van der Waals surface area contributed by atoms with E-state index in [1.807, 2.05) is 67.6 Å². The maximum absolute atomic E-state index is 11.9. The summed E-state index contributed by atoms with van der Waals surface area (Å²) >= 11 is 12.2. The van der Waals surface area contributed by atoms with Crippen LogP contribution in [0.3, 0.4) is 0 Å². The van der Waals surface area contributed by atoms with Gasteiger partial charge in [0, 0.05) is 15.6 Å². The van der Waals surface area contributed by atoms with Crippen molar-refractivity contribution in [1.82, 2.24) is 4.98 Å². The number of benzene rings is 3. The number of hydrogen-bond donors (Lipinski definition) is 1. The average molecular weight is 492 g/mol. The Balaban J connectivity index is 1.65. The van der Waals surface area contributed by atoms with E-state index in [0.29, 0.717) is 46.6 Å². The molecule has 0 bridgehead atoms. The first-order chi connectivity index (χ1) is 16.4. The van der Waals surface area contributed by atoms with E-state index in [0.717, 1.165) is 22.3 Å². The minimum Gasteiger partial charge on any atom is -0.488 e. The van der Waals surface area contributed by atoms with Crippen LogP contribution in [0.25, 0.3) is 11.3 Å². The quantitative estimate of drug-likeness (QED) is 0.278. The second-order valence-corrected chi connectivity index (χ2v) is 8.92. The SMILES string of the molecule is Cc1ccc(OCc2ccccc2)c(-c2ccc(C(=O)O)c(CCc3cc(Cl)cc(Cl)c3)n2)c1. The number of carboxylic acid groups (broad SMARTS) is 1. The van der Waals surface area contributed by atoms with Gasteiger partial charge in [0.15, 0.2) is 0 Å². The lowest BCUT2D eigenvalue weighted by atomic mass is 10.0. The molecule has 0 saturated carbocycles. The Hall–Kier alpha value is -3.34. The number of aromatic nitrogens is 1. The highest BCUT2D eigenvalue weighted by atomic mass is 35.5. The van der Waals surface area contributed by atoms with E-state index in [9.17, 15) is 9.90 Å². The van der Waals surface area contributed by atoms with E-state index in [-0.39, 0.29) is 5.56 Å². The third-order valence-corrected chi connectivity index (χ3v) is 5.86. The zero-order chi connectivity index (χ0) is 24.1. The number of rotatable bonds is 8. The van der Waals surface area contributed by atoms with Gasteiger partial charge in [0.1, 0.15) is 12.4 Å². The first-order valence-electron chi connectivity index (χ1n) is 10.8. The number of pyridine rings is 1. The molecule has 0 spiro atoms. The Bertz CT molecular complexity index is 1300. The molecule has 6 heteroatoms. The van der Waals surface area contributed by atoms with Crippen molar-refractivity contribution in [3.8, 4) is 17.0 Å². The van der Waals surface area contributed by atoms with Crippen molar-refractivity contribution in [2.24, 2.45) is 0 Å². The van der Waals surface area contributed by atoms with Crippen molar-refractivity contribution in [1.29, 1.82) is 0 Å². The summed E-state index contributed by atoms with van der Waals surface area (Å²) in [6, 6.07) is 24.5. The first-order valence-corrected chi connectivity index (χ1v) is 11.6. The predicted octanol–water partition coefficient (Wildman–Crippen LogP) is 7.43. The topological polar surface area (TPSA) is 59.4 Å². The van der Waals surface area contributed by atoms with Gasteiger partial charge in [0.2, 0.25) is 0 Å². The fraction of sp³-hybridized carbons (Fsp3) is 0.143. The zero-order valence-corrected chi connectivity index (χ0v) is 20.1. The van der Waals surface area contributed by atoms with Gasteiger partial charge in [-0.15, -0.1) is 0 Å². The monoisotopic (exact) mass is 491 g/mol. The Morgan fingerprint density at radius 3 is 2.32 bits per heavy atom. The van der Waals surface area contributed by atoms with Crippen molar-refractivity contribution >= 4 is 29.2 Å². The van der Waals surface area contributed by atoms with Gasteiger partial charge in [-0.05, 0) is 73.4 Å². The van der Waals surface area contributed by atoms with Gasteiger partial charge in [0.25, 0.3) is 0 Å². The number of ether oxygens (including phenoxy) is 1. The molecule has 4 aromatic rings. The molecule has 172 valence electrons. The third kappa shape index (κ3) is 5.96. The maximum atomic E-state index is 11.9. The van der Waals surface area contributed by atoms with Gasteiger partial charge < -0.3 is 9.84 Å². The molecule has 1 aromatic heterocycles. The molecule has 4 nitrogen and oxygen atoms in total. The van der Waals surface area contributed by atoms with E-state index in [1.165, 1.54) is 0 Å². The highest BCUT2D eigenvalue weighted by molar-refractivity contribution is 6.34. The number of carboxylic acids is 1. The fourth-order valence-electron chi connectivity index (χ4n) is 3.76. The number of aryl methyl sites for hydroxylation is 3. The lowest BCUT2D eigenvalue weighted by molar-refractivity contribution is 0.0695. The summed E-state index contributed by atoms with van der Waals surface area (Å²) in [5.41, 5.74) is 5.19. The van der Waals surface area contributed by atoms with Gasteiger partial charge in [-0.3, -0.25) is 4.98 Å². The molecule has 0 unspecified atom stereocenters. The molecule has 1 N–H and O–H groups in total. The van der Waals surface area contributed by atoms with Crippen LogP contribution in [0, 0.1) is 6.92 Å². The summed E-state index contributed by atoms with van der Waals surface area (Å²) in [5, 5.41) is 10.8. The normalized spacial score (nSPS) is 10.8. The summed E-state index contributed by atoms with van der Waals surface area (Å²) in [4.78, 5) is 16.6. The molecule has 0 amide bonds. The van der Waals surface area contributed by atoms with Crippen molar-refractivity contribution < 1.29 is 14.6 Å². The number of aromatic carboxylic acids is 1. The lowest BCUT2D eigenvalue weighted by Crippen LogP contribution is -2.07. The summed E-state index contributed by atoms with van der Waals surface area (Å²) < 4.78 is 6.12. The standard InChI is InChI=1S/C28H23Cl2NO3/c1-18-7-12-27(34-17-19-5-3-2-4-6-19)24(13-18)26-11-9-23(28(32)33)25(31-26)10-8-20-14-21(29)16-22(30)15-20/h2-7,9,11-16H,8,10,17H2,1H3,(H,32,33). The van der Waals surface area contributed by atoms with Crippen LogP contribution in [-0.2, 0) is 19.4 Å². The highest BCUT2D eigenvalue weighted by Crippen LogP contribution is 2.31. The molecule has 0 aliphatic carbocycles. The van der Waals surface area contributed by atoms with Crippen LogP contribution in [-0.4, -0.2) is 16.1 Å². The van der Waals surface area contributed by atoms with Gasteiger partial charge >= 0.3 is 5.97 Å². The minimum atomic E-state index is -1.01. The summed E-state index contributed by atoms with van der Waals surface area (Å²) in [5.74, 6) is -0.319. The largest absolute Gasteiger partial charge is 0.488 e. The zero-order valence-electron chi connectivity index (χ0n) is 18.6. The van der Waals surface area contributed by atoms with E-state index in [4.69, 9.17) is 32.9 Å². The van der Waals surface area contributed by atoms with Gasteiger partial charge in [-0.1, -0.05) is 65.2 Å².